The van der Waals surface area contributed by atoms with Gasteiger partial charge in [-0.2, -0.15) is 0 Å². The second-order valence-electron chi connectivity index (χ2n) is 8.40. The van der Waals surface area contributed by atoms with E-state index in [9.17, 15) is 9.90 Å². The SMILES string of the molecule is COc1cc(C(=O)O)ccc1-c1cn(C(C)c2ccccn2)c2ncc(-c3c(C)noc3C)cc12. The standard InChI is InChI=1S/C27H24N4O4/c1-15-25(17(3)35-30-15)19-11-21-22(20-9-8-18(27(32)33)12-24(20)34-4)14-31(26(21)29-13-19)16(2)23-7-5-6-10-28-23/h5-14,16H,1-4H3,(H,32,33). The minimum absolute atomic E-state index is 0.0887. The Morgan fingerprint density at radius 2 is 1.94 bits per heavy atom. The molecule has 176 valence electrons. The highest BCUT2D eigenvalue weighted by Crippen LogP contribution is 2.40. The topological polar surface area (TPSA) is 103 Å². The molecule has 0 amide bonds. The zero-order valence-corrected chi connectivity index (χ0v) is 19.8. The summed E-state index contributed by atoms with van der Waals surface area (Å²) < 4.78 is 13.1. The van der Waals surface area contributed by atoms with Gasteiger partial charge >= 0.3 is 5.97 Å². The summed E-state index contributed by atoms with van der Waals surface area (Å²) in [6, 6.07) is 12.7. The summed E-state index contributed by atoms with van der Waals surface area (Å²) in [6.45, 7) is 5.85. The number of rotatable bonds is 6. The molecular formula is C27H24N4O4. The predicted octanol–water partition coefficient (Wildman–Crippen LogP) is 5.69. The van der Waals surface area contributed by atoms with Gasteiger partial charge < -0.3 is 18.9 Å². The number of aryl methyl sites for hydroxylation is 2. The molecule has 0 bridgehead atoms. The molecule has 0 aliphatic rings. The van der Waals surface area contributed by atoms with E-state index in [1.54, 1.807) is 18.3 Å². The van der Waals surface area contributed by atoms with Gasteiger partial charge in [0.15, 0.2) is 0 Å². The van der Waals surface area contributed by atoms with Crippen LogP contribution in [0.4, 0.5) is 0 Å². The maximum absolute atomic E-state index is 11.5. The summed E-state index contributed by atoms with van der Waals surface area (Å²) in [6.07, 6.45) is 5.62. The van der Waals surface area contributed by atoms with Gasteiger partial charge in [-0.15, -0.1) is 0 Å². The van der Waals surface area contributed by atoms with Gasteiger partial charge in [-0.1, -0.05) is 11.2 Å². The third-order valence-electron chi connectivity index (χ3n) is 6.26. The predicted molar refractivity (Wildman–Crippen MR) is 132 cm³/mol. The number of ether oxygens (including phenoxy) is 1. The molecule has 5 aromatic rings. The summed E-state index contributed by atoms with van der Waals surface area (Å²) in [5.74, 6) is 0.176. The third kappa shape index (κ3) is 3.82. The Bertz CT molecular complexity index is 1530. The van der Waals surface area contributed by atoms with E-state index in [0.29, 0.717) is 5.75 Å². The molecule has 1 N–H and O–H groups in total. The van der Waals surface area contributed by atoms with Crippen molar-refractivity contribution in [1.82, 2.24) is 19.7 Å². The van der Waals surface area contributed by atoms with Gasteiger partial charge in [0, 0.05) is 46.2 Å². The number of methoxy groups -OCH3 is 1. The Balaban J connectivity index is 1.77. The van der Waals surface area contributed by atoms with Crippen LogP contribution in [-0.2, 0) is 0 Å². The molecule has 0 radical (unpaired) electrons. The van der Waals surface area contributed by atoms with E-state index in [4.69, 9.17) is 14.2 Å². The lowest BCUT2D eigenvalue weighted by Gasteiger charge is -2.14. The molecule has 1 unspecified atom stereocenters. The van der Waals surface area contributed by atoms with Crippen molar-refractivity contribution in [1.29, 1.82) is 0 Å². The number of pyridine rings is 2. The van der Waals surface area contributed by atoms with Crippen LogP contribution >= 0.6 is 0 Å². The highest BCUT2D eigenvalue weighted by atomic mass is 16.5. The van der Waals surface area contributed by atoms with Crippen molar-refractivity contribution in [2.24, 2.45) is 0 Å². The average molecular weight is 469 g/mol. The molecule has 1 aromatic carbocycles. The number of hydrogen-bond donors (Lipinski definition) is 1. The fourth-order valence-corrected chi connectivity index (χ4v) is 4.49. The minimum atomic E-state index is -1.01. The first-order chi connectivity index (χ1) is 16.9. The Hall–Kier alpha value is -4.46. The molecule has 5 rings (SSSR count). The fraction of sp³-hybridized carbons (Fsp3) is 0.185. The molecule has 0 aliphatic heterocycles. The van der Waals surface area contributed by atoms with Crippen LogP contribution in [0.25, 0.3) is 33.3 Å². The quantitative estimate of drug-likeness (QED) is 0.342. The van der Waals surface area contributed by atoms with Gasteiger partial charge in [-0.25, -0.2) is 9.78 Å². The van der Waals surface area contributed by atoms with E-state index in [1.165, 1.54) is 13.2 Å². The number of carboxylic acids is 1. The lowest BCUT2D eigenvalue weighted by molar-refractivity contribution is 0.0696. The number of nitrogens with zero attached hydrogens (tertiary/aromatic N) is 4. The Morgan fingerprint density at radius 1 is 1.11 bits per heavy atom. The van der Waals surface area contributed by atoms with Crippen molar-refractivity contribution < 1.29 is 19.2 Å². The number of aromatic nitrogens is 4. The maximum atomic E-state index is 11.5. The lowest BCUT2D eigenvalue weighted by Crippen LogP contribution is -2.07. The first-order valence-electron chi connectivity index (χ1n) is 11.2. The van der Waals surface area contributed by atoms with Gasteiger partial charge in [0.25, 0.3) is 0 Å². The molecular weight excluding hydrogens is 444 g/mol. The molecule has 1 atom stereocenters. The minimum Gasteiger partial charge on any atom is -0.496 e. The van der Waals surface area contributed by atoms with E-state index in [2.05, 4.69) is 27.7 Å². The van der Waals surface area contributed by atoms with E-state index >= 15 is 0 Å². The van der Waals surface area contributed by atoms with Crippen LogP contribution in [0.15, 0.2) is 65.6 Å². The van der Waals surface area contributed by atoms with E-state index in [1.807, 2.05) is 44.4 Å². The fourth-order valence-electron chi connectivity index (χ4n) is 4.49. The first-order valence-corrected chi connectivity index (χ1v) is 11.2. The smallest absolute Gasteiger partial charge is 0.335 e. The van der Waals surface area contributed by atoms with E-state index < -0.39 is 5.97 Å². The summed E-state index contributed by atoms with van der Waals surface area (Å²) >= 11 is 0. The van der Waals surface area contributed by atoms with Crippen molar-refractivity contribution in [3.05, 3.63) is 83.8 Å². The zero-order chi connectivity index (χ0) is 24.7. The Labute approximate surface area is 201 Å². The van der Waals surface area contributed by atoms with Crippen molar-refractivity contribution in [3.8, 4) is 28.0 Å². The van der Waals surface area contributed by atoms with Crippen LogP contribution in [-0.4, -0.2) is 37.9 Å². The van der Waals surface area contributed by atoms with Crippen LogP contribution in [0.1, 0.15) is 40.5 Å². The van der Waals surface area contributed by atoms with Crippen LogP contribution in [0.2, 0.25) is 0 Å². The van der Waals surface area contributed by atoms with Crippen LogP contribution in [0.5, 0.6) is 5.75 Å². The van der Waals surface area contributed by atoms with E-state index in [0.717, 1.165) is 50.4 Å². The number of carboxylic acid groups (broad SMARTS) is 1. The van der Waals surface area contributed by atoms with Crippen LogP contribution < -0.4 is 4.74 Å². The van der Waals surface area contributed by atoms with Gasteiger partial charge in [0.1, 0.15) is 17.2 Å². The van der Waals surface area contributed by atoms with E-state index in [-0.39, 0.29) is 11.6 Å². The second kappa shape index (κ2) is 8.72. The zero-order valence-electron chi connectivity index (χ0n) is 19.8. The van der Waals surface area contributed by atoms with Crippen LogP contribution in [0, 0.1) is 13.8 Å². The Kier molecular flexibility index (Phi) is 5.56. The molecule has 0 fully saturated rings. The number of fused-ring (bicyclic) bond motifs is 1. The first kappa shape index (κ1) is 22.3. The second-order valence-corrected chi connectivity index (χ2v) is 8.40. The largest absolute Gasteiger partial charge is 0.496 e. The molecule has 4 aromatic heterocycles. The molecule has 0 spiro atoms. The summed E-state index contributed by atoms with van der Waals surface area (Å²) in [4.78, 5) is 20.9. The molecule has 35 heavy (non-hydrogen) atoms. The molecule has 0 aliphatic carbocycles. The number of benzene rings is 1. The monoisotopic (exact) mass is 468 g/mol. The Morgan fingerprint density at radius 3 is 2.60 bits per heavy atom. The average Bonchev–Trinajstić information content (AvgIpc) is 3.42. The maximum Gasteiger partial charge on any atom is 0.335 e. The van der Waals surface area contributed by atoms with Gasteiger partial charge in [-0.05, 0) is 57.2 Å². The van der Waals surface area contributed by atoms with Crippen molar-refractivity contribution in [2.45, 2.75) is 26.8 Å². The van der Waals surface area contributed by atoms with Crippen LogP contribution in [0.3, 0.4) is 0 Å². The van der Waals surface area contributed by atoms with Gasteiger partial charge in [0.2, 0.25) is 0 Å². The summed E-state index contributed by atoms with van der Waals surface area (Å²) in [5, 5.41) is 14.4. The number of hydrogen-bond acceptors (Lipinski definition) is 6. The number of carbonyl (C=O) groups is 1. The molecule has 4 heterocycles. The molecule has 8 nitrogen and oxygen atoms in total. The van der Waals surface area contributed by atoms with Crippen molar-refractivity contribution >= 4 is 17.0 Å². The van der Waals surface area contributed by atoms with Crippen molar-refractivity contribution in [3.63, 3.8) is 0 Å². The highest BCUT2D eigenvalue weighted by Gasteiger charge is 2.22. The molecule has 0 saturated carbocycles. The lowest BCUT2D eigenvalue weighted by atomic mass is 10.00. The summed E-state index contributed by atoms with van der Waals surface area (Å²) in [5.41, 5.74) is 6.06. The molecule has 8 heteroatoms. The van der Waals surface area contributed by atoms with Gasteiger partial charge in [0.05, 0.1) is 30.1 Å². The van der Waals surface area contributed by atoms with Gasteiger partial charge in [-0.3, -0.25) is 4.98 Å². The van der Waals surface area contributed by atoms with Crippen molar-refractivity contribution in [2.75, 3.05) is 7.11 Å². The normalized spacial score (nSPS) is 12.1. The number of aromatic carboxylic acids is 1. The highest BCUT2D eigenvalue weighted by molar-refractivity contribution is 5.99. The summed E-state index contributed by atoms with van der Waals surface area (Å²) in [7, 11) is 1.54. The molecule has 0 saturated heterocycles. The third-order valence-corrected chi connectivity index (χ3v) is 6.26.